The Balaban J connectivity index is 2.47. The van der Waals surface area contributed by atoms with Gasteiger partial charge in [0.05, 0.1) is 17.9 Å². The highest BCUT2D eigenvalue weighted by Gasteiger charge is 2.23. The van der Waals surface area contributed by atoms with Crippen LogP contribution >= 0.6 is 0 Å². The molecule has 0 atom stereocenters. The van der Waals surface area contributed by atoms with Gasteiger partial charge >= 0.3 is 0 Å². The molecule has 0 unspecified atom stereocenters. The van der Waals surface area contributed by atoms with Gasteiger partial charge in [0.1, 0.15) is 6.07 Å². The Bertz CT molecular complexity index is 440. The summed E-state index contributed by atoms with van der Waals surface area (Å²) in [6.07, 6.45) is 0. The van der Waals surface area contributed by atoms with Gasteiger partial charge in [0.2, 0.25) is 5.84 Å². The first-order valence-electron chi connectivity index (χ1n) is 4.57. The van der Waals surface area contributed by atoms with Gasteiger partial charge in [-0.25, -0.2) is 4.68 Å². The first kappa shape index (κ1) is 8.95. The molecule has 0 N–H and O–H groups in total. The standard InChI is InChI=1S/C10H12N4/c1-10(2,3)8-4-7-6-12-9(5-11)14(7)13-8/h4H,6H2,1-3H3. The van der Waals surface area contributed by atoms with Crippen LogP contribution in [0.2, 0.25) is 0 Å². The summed E-state index contributed by atoms with van der Waals surface area (Å²) in [5.41, 5.74) is 2.04. The van der Waals surface area contributed by atoms with Gasteiger partial charge in [-0.2, -0.15) is 10.4 Å². The molecular formula is C10H12N4. The van der Waals surface area contributed by atoms with Crippen molar-refractivity contribution in [2.45, 2.75) is 32.7 Å². The highest BCUT2D eigenvalue weighted by molar-refractivity contribution is 5.99. The molecule has 0 aromatic carbocycles. The van der Waals surface area contributed by atoms with E-state index < -0.39 is 0 Å². The van der Waals surface area contributed by atoms with Crippen molar-refractivity contribution in [3.63, 3.8) is 0 Å². The van der Waals surface area contributed by atoms with Crippen LogP contribution in [-0.4, -0.2) is 15.6 Å². The lowest BCUT2D eigenvalue weighted by Gasteiger charge is -2.14. The molecule has 1 aromatic rings. The number of rotatable bonds is 0. The Morgan fingerprint density at radius 3 is 2.79 bits per heavy atom. The Kier molecular flexibility index (Phi) is 1.71. The van der Waals surface area contributed by atoms with Gasteiger partial charge in [0, 0.05) is 5.41 Å². The molecule has 0 saturated carbocycles. The largest absolute Gasteiger partial charge is 0.251 e. The molecule has 1 aliphatic heterocycles. The summed E-state index contributed by atoms with van der Waals surface area (Å²) in [6.45, 7) is 6.89. The summed E-state index contributed by atoms with van der Waals surface area (Å²) in [5.74, 6) is 0.399. The van der Waals surface area contributed by atoms with Crippen molar-refractivity contribution in [2.75, 3.05) is 0 Å². The van der Waals surface area contributed by atoms with Crippen molar-refractivity contribution in [1.29, 1.82) is 5.26 Å². The van der Waals surface area contributed by atoms with Crippen molar-refractivity contribution in [2.24, 2.45) is 4.99 Å². The second-order valence-electron chi connectivity index (χ2n) is 4.43. The average Bonchev–Trinajstić information content (AvgIpc) is 2.58. The van der Waals surface area contributed by atoms with E-state index in [-0.39, 0.29) is 5.41 Å². The molecule has 4 heteroatoms. The van der Waals surface area contributed by atoms with E-state index in [1.165, 1.54) is 0 Å². The molecule has 0 radical (unpaired) electrons. The third kappa shape index (κ3) is 1.22. The van der Waals surface area contributed by atoms with Crippen LogP contribution in [0.25, 0.3) is 0 Å². The molecule has 0 aliphatic carbocycles. The van der Waals surface area contributed by atoms with Crippen LogP contribution in [0.4, 0.5) is 0 Å². The predicted molar refractivity (Wildman–Crippen MR) is 53.1 cm³/mol. The fourth-order valence-electron chi connectivity index (χ4n) is 1.39. The molecule has 2 heterocycles. The van der Waals surface area contributed by atoms with E-state index >= 15 is 0 Å². The minimum atomic E-state index is 0.0257. The fraction of sp³-hybridized carbons (Fsp3) is 0.500. The zero-order valence-corrected chi connectivity index (χ0v) is 8.57. The maximum atomic E-state index is 8.78. The van der Waals surface area contributed by atoms with Crippen molar-refractivity contribution >= 4 is 5.84 Å². The van der Waals surface area contributed by atoms with Gasteiger partial charge < -0.3 is 0 Å². The molecule has 0 spiro atoms. The lowest BCUT2D eigenvalue weighted by molar-refractivity contribution is 0.563. The summed E-state index contributed by atoms with van der Waals surface area (Å²) in [7, 11) is 0. The monoisotopic (exact) mass is 188 g/mol. The van der Waals surface area contributed by atoms with Crippen LogP contribution < -0.4 is 0 Å². The van der Waals surface area contributed by atoms with Gasteiger partial charge in [0.25, 0.3) is 0 Å². The van der Waals surface area contributed by atoms with E-state index in [1.54, 1.807) is 4.68 Å². The molecule has 72 valence electrons. The molecule has 0 fully saturated rings. The normalized spacial score (nSPS) is 14.9. The zero-order valence-electron chi connectivity index (χ0n) is 8.57. The topological polar surface area (TPSA) is 54.0 Å². The Morgan fingerprint density at radius 2 is 2.21 bits per heavy atom. The van der Waals surface area contributed by atoms with E-state index in [2.05, 4.69) is 30.9 Å². The van der Waals surface area contributed by atoms with E-state index in [1.807, 2.05) is 12.1 Å². The number of hydrogen-bond acceptors (Lipinski definition) is 3. The third-order valence-corrected chi connectivity index (χ3v) is 2.24. The van der Waals surface area contributed by atoms with Crippen LogP contribution in [0.3, 0.4) is 0 Å². The van der Waals surface area contributed by atoms with E-state index in [0.29, 0.717) is 12.4 Å². The lowest BCUT2D eigenvalue weighted by Crippen LogP contribution is -2.15. The maximum absolute atomic E-state index is 8.78. The van der Waals surface area contributed by atoms with E-state index in [9.17, 15) is 0 Å². The molecule has 0 saturated heterocycles. The van der Waals surface area contributed by atoms with Gasteiger partial charge in [-0.05, 0) is 6.07 Å². The van der Waals surface area contributed by atoms with Crippen molar-refractivity contribution in [3.8, 4) is 6.07 Å². The number of aromatic nitrogens is 2. The molecule has 0 amide bonds. The molecule has 14 heavy (non-hydrogen) atoms. The Hall–Kier alpha value is -1.63. The van der Waals surface area contributed by atoms with Gasteiger partial charge in [0.15, 0.2) is 0 Å². The third-order valence-electron chi connectivity index (χ3n) is 2.24. The number of fused-ring (bicyclic) bond motifs is 1. The zero-order chi connectivity index (χ0) is 10.3. The van der Waals surface area contributed by atoms with Crippen LogP contribution in [0.1, 0.15) is 32.2 Å². The summed E-state index contributed by atoms with van der Waals surface area (Å²) in [4.78, 5) is 4.06. The number of hydrogen-bond donors (Lipinski definition) is 0. The summed E-state index contributed by atoms with van der Waals surface area (Å²) in [5, 5.41) is 13.2. The van der Waals surface area contributed by atoms with Crippen molar-refractivity contribution in [3.05, 3.63) is 17.5 Å². The van der Waals surface area contributed by atoms with Crippen LogP contribution in [0.5, 0.6) is 0 Å². The second kappa shape index (κ2) is 2.68. The summed E-state index contributed by atoms with van der Waals surface area (Å²) >= 11 is 0. The van der Waals surface area contributed by atoms with E-state index in [4.69, 9.17) is 5.26 Å². The predicted octanol–water partition coefficient (Wildman–Crippen LogP) is 1.46. The highest BCUT2D eigenvalue weighted by atomic mass is 15.3. The summed E-state index contributed by atoms with van der Waals surface area (Å²) in [6, 6.07) is 4.06. The first-order chi connectivity index (χ1) is 6.52. The molecule has 0 bridgehead atoms. The molecule has 4 nitrogen and oxygen atoms in total. The van der Waals surface area contributed by atoms with Crippen LogP contribution in [0, 0.1) is 11.3 Å². The maximum Gasteiger partial charge on any atom is 0.229 e. The Labute approximate surface area is 82.9 Å². The smallest absolute Gasteiger partial charge is 0.229 e. The molecule has 1 aromatic heterocycles. The number of nitrogens with zero attached hydrogens (tertiary/aromatic N) is 4. The van der Waals surface area contributed by atoms with Gasteiger partial charge in [-0.3, -0.25) is 4.99 Å². The van der Waals surface area contributed by atoms with Crippen molar-refractivity contribution < 1.29 is 0 Å². The average molecular weight is 188 g/mol. The summed E-state index contributed by atoms with van der Waals surface area (Å²) < 4.78 is 1.64. The SMILES string of the molecule is CC(C)(C)c1cc2n(n1)C(C#N)=NC2. The highest BCUT2D eigenvalue weighted by Crippen LogP contribution is 2.23. The van der Waals surface area contributed by atoms with Crippen LogP contribution in [-0.2, 0) is 12.0 Å². The van der Waals surface area contributed by atoms with Crippen molar-refractivity contribution in [1.82, 2.24) is 9.78 Å². The van der Waals surface area contributed by atoms with Gasteiger partial charge in [-0.15, -0.1) is 0 Å². The first-order valence-corrected chi connectivity index (χ1v) is 4.57. The minimum absolute atomic E-state index is 0.0257. The fourth-order valence-corrected chi connectivity index (χ4v) is 1.39. The molecular weight excluding hydrogens is 176 g/mol. The van der Waals surface area contributed by atoms with Gasteiger partial charge in [-0.1, -0.05) is 20.8 Å². The van der Waals surface area contributed by atoms with E-state index in [0.717, 1.165) is 11.4 Å². The Morgan fingerprint density at radius 1 is 1.50 bits per heavy atom. The van der Waals surface area contributed by atoms with Crippen LogP contribution in [0.15, 0.2) is 11.1 Å². The minimum Gasteiger partial charge on any atom is -0.251 e. The molecule has 1 aliphatic rings. The quantitative estimate of drug-likeness (QED) is 0.619. The molecule has 2 rings (SSSR count). The lowest BCUT2D eigenvalue weighted by atomic mass is 9.92. The number of aliphatic imine (C=N–C) groups is 1. The number of nitriles is 1. The second-order valence-corrected chi connectivity index (χ2v) is 4.43.